The molecule has 1 aromatic carbocycles. The molecule has 11 heteroatoms. The number of alkyl halides is 3. The number of amides is 1. The number of ether oxygens (including phenoxy) is 2. The van der Waals surface area contributed by atoms with Crippen LogP contribution in [0.5, 0.6) is 5.75 Å². The predicted octanol–water partition coefficient (Wildman–Crippen LogP) is 3.32. The Morgan fingerprint density at radius 3 is 2.21 bits per heavy atom. The predicted molar refractivity (Wildman–Crippen MR) is 94.7 cm³/mol. The van der Waals surface area contributed by atoms with Crippen LogP contribution < -0.4 is 4.74 Å². The number of rotatable bonds is 6. The lowest BCUT2D eigenvalue weighted by atomic mass is 10.0. The highest BCUT2D eigenvalue weighted by Gasteiger charge is 2.48. The van der Waals surface area contributed by atoms with Gasteiger partial charge < -0.3 is 19.5 Å². The maximum absolute atomic E-state index is 13.1. The zero-order chi connectivity index (χ0) is 21.9. The molecular formula is C17H19BrF3NO6. The molecule has 1 atom stereocenters. The molecule has 1 amide bonds. The van der Waals surface area contributed by atoms with Gasteiger partial charge >= 0.3 is 24.0 Å². The molecular weight excluding hydrogens is 451 g/mol. The van der Waals surface area contributed by atoms with Gasteiger partial charge in [0.25, 0.3) is 0 Å². The van der Waals surface area contributed by atoms with E-state index in [4.69, 9.17) is 9.47 Å². The standard InChI is InChI=1S/C17H19BrF3NO6/c1-16(2,3)28-12(23)8-22(15(26)17(19,20)21)13(14(24)25)10-7-9(27-4)5-6-11(10)18/h5-7,13H,8H2,1-4H3,(H,24,25). The second-order valence-corrected chi connectivity index (χ2v) is 7.50. The fourth-order valence-electron chi connectivity index (χ4n) is 2.25. The van der Waals surface area contributed by atoms with E-state index in [1.807, 2.05) is 0 Å². The molecule has 28 heavy (non-hydrogen) atoms. The average Bonchev–Trinajstić information content (AvgIpc) is 2.52. The Bertz CT molecular complexity index is 760. The number of esters is 1. The van der Waals surface area contributed by atoms with Gasteiger partial charge in [0.05, 0.1) is 7.11 Å². The first kappa shape index (κ1) is 23.7. The number of carbonyl (C=O) groups is 3. The highest BCUT2D eigenvalue weighted by atomic mass is 79.9. The van der Waals surface area contributed by atoms with Crippen molar-refractivity contribution in [3.05, 3.63) is 28.2 Å². The molecule has 0 radical (unpaired) electrons. The number of carbonyl (C=O) groups excluding carboxylic acids is 2. The number of carboxylic acids is 1. The Morgan fingerprint density at radius 1 is 1.21 bits per heavy atom. The summed E-state index contributed by atoms with van der Waals surface area (Å²) in [5.41, 5.74) is -1.24. The zero-order valence-electron chi connectivity index (χ0n) is 15.5. The van der Waals surface area contributed by atoms with Gasteiger partial charge in [0.1, 0.15) is 17.9 Å². The van der Waals surface area contributed by atoms with E-state index in [0.717, 1.165) is 6.07 Å². The largest absolute Gasteiger partial charge is 0.497 e. The van der Waals surface area contributed by atoms with Crippen LogP contribution in [0, 0.1) is 0 Å². The number of halogens is 4. The van der Waals surface area contributed by atoms with Gasteiger partial charge in [-0.3, -0.25) is 9.59 Å². The van der Waals surface area contributed by atoms with E-state index in [1.54, 1.807) is 0 Å². The van der Waals surface area contributed by atoms with Crippen molar-refractivity contribution in [2.75, 3.05) is 13.7 Å². The number of hydrogen-bond acceptors (Lipinski definition) is 5. The van der Waals surface area contributed by atoms with Crippen molar-refractivity contribution in [3.63, 3.8) is 0 Å². The molecule has 1 aromatic rings. The Balaban J connectivity index is 3.48. The van der Waals surface area contributed by atoms with Crippen LogP contribution in [-0.2, 0) is 19.1 Å². The van der Waals surface area contributed by atoms with Crippen LogP contribution in [0.3, 0.4) is 0 Å². The van der Waals surface area contributed by atoms with Crippen molar-refractivity contribution in [1.82, 2.24) is 4.90 Å². The van der Waals surface area contributed by atoms with E-state index in [-0.39, 0.29) is 20.7 Å². The molecule has 0 saturated heterocycles. The maximum atomic E-state index is 13.1. The van der Waals surface area contributed by atoms with Crippen LogP contribution in [-0.4, -0.2) is 53.3 Å². The van der Waals surface area contributed by atoms with Crippen molar-refractivity contribution >= 4 is 33.8 Å². The van der Waals surface area contributed by atoms with Crippen molar-refractivity contribution < 1.29 is 42.1 Å². The Labute approximate surface area is 167 Å². The number of hydrogen-bond donors (Lipinski definition) is 1. The normalized spacial score (nSPS) is 12.9. The quantitative estimate of drug-likeness (QED) is 0.642. The Hall–Kier alpha value is -2.30. The van der Waals surface area contributed by atoms with E-state index in [1.165, 1.54) is 40.0 Å². The minimum atomic E-state index is -5.40. The summed E-state index contributed by atoms with van der Waals surface area (Å²) in [5.74, 6) is -5.29. The van der Waals surface area contributed by atoms with Gasteiger partial charge in [-0.2, -0.15) is 13.2 Å². The van der Waals surface area contributed by atoms with Crippen molar-refractivity contribution in [1.29, 1.82) is 0 Å². The number of benzene rings is 1. The van der Waals surface area contributed by atoms with Crippen molar-refractivity contribution in [2.45, 2.75) is 38.6 Å². The van der Waals surface area contributed by atoms with Crippen LogP contribution in [0.1, 0.15) is 32.4 Å². The molecule has 0 aliphatic carbocycles. The third kappa shape index (κ3) is 6.39. The summed E-state index contributed by atoms with van der Waals surface area (Å²) in [6, 6.07) is 1.84. The first-order chi connectivity index (χ1) is 12.7. The SMILES string of the molecule is COc1ccc(Br)c(C(C(=O)O)N(CC(=O)OC(C)(C)C)C(=O)C(F)(F)F)c1. The molecule has 1 unspecified atom stereocenters. The van der Waals surface area contributed by atoms with Gasteiger partial charge in [0, 0.05) is 10.0 Å². The molecule has 1 rings (SSSR count). The second kappa shape index (κ2) is 8.80. The lowest BCUT2D eigenvalue weighted by Gasteiger charge is -2.31. The summed E-state index contributed by atoms with van der Waals surface area (Å²) in [6.07, 6.45) is -5.40. The molecule has 0 fully saturated rings. The van der Waals surface area contributed by atoms with Gasteiger partial charge in [0.2, 0.25) is 0 Å². The van der Waals surface area contributed by atoms with E-state index < -0.39 is 42.2 Å². The Morgan fingerprint density at radius 2 is 1.79 bits per heavy atom. The van der Waals surface area contributed by atoms with E-state index >= 15 is 0 Å². The fourth-order valence-corrected chi connectivity index (χ4v) is 2.71. The molecule has 0 spiro atoms. The topological polar surface area (TPSA) is 93.1 Å². The molecule has 1 N–H and O–H groups in total. The highest BCUT2D eigenvalue weighted by Crippen LogP contribution is 2.34. The molecule has 0 saturated carbocycles. The first-order valence-electron chi connectivity index (χ1n) is 7.83. The van der Waals surface area contributed by atoms with Gasteiger partial charge in [0.15, 0.2) is 6.04 Å². The van der Waals surface area contributed by atoms with Gasteiger partial charge in [-0.05, 0) is 39.0 Å². The molecule has 0 aromatic heterocycles. The molecule has 156 valence electrons. The third-order valence-corrected chi connectivity index (χ3v) is 3.99. The molecule has 0 bridgehead atoms. The summed E-state index contributed by atoms with van der Waals surface area (Å²) in [6.45, 7) is 3.23. The molecule has 0 aliphatic rings. The van der Waals surface area contributed by atoms with Gasteiger partial charge in [-0.1, -0.05) is 15.9 Å². The van der Waals surface area contributed by atoms with Crippen LogP contribution in [0.2, 0.25) is 0 Å². The lowest BCUT2D eigenvalue weighted by molar-refractivity contribution is -0.192. The van der Waals surface area contributed by atoms with Crippen LogP contribution >= 0.6 is 15.9 Å². The summed E-state index contributed by atoms with van der Waals surface area (Å²) in [7, 11) is 1.28. The van der Waals surface area contributed by atoms with Gasteiger partial charge in [-0.25, -0.2) is 4.79 Å². The van der Waals surface area contributed by atoms with E-state index in [0.29, 0.717) is 0 Å². The highest BCUT2D eigenvalue weighted by molar-refractivity contribution is 9.10. The van der Waals surface area contributed by atoms with Crippen LogP contribution in [0.4, 0.5) is 13.2 Å². The van der Waals surface area contributed by atoms with Crippen molar-refractivity contribution in [3.8, 4) is 5.75 Å². The summed E-state index contributed by atoms with van der Waals surface area (Å²) < 4.78 is 49.3. The van der Waals surface area contributed by atoms with E-state index in [2.05, 4.69) is 15.9 Å². The van der Waals surface area contributed by atoms with E-state index in [9.17, 15) is 32.7 Å². The lowest BCUT2D eigenvalue weighted by Crippen LogP contribution is -2.49. The van der Waals surface area contributed by atoms with Crippen molar-refractivity contribution in [2.24, 2.45) is 0 Å². The zero-order valence-corrected chi connectivity index (χ0v) is 17.1. The number of nitrogens with zero attached hydrogens (tertiary/aromatic N) is 1. The fraction of sp³-hybridized carbons (Fsp3) is 0.471. The summed E-state index contributed by atoms with van der Waals surface area (Å²) >= 11 is 3.06. The molecule has 0 heterocycles. The molecule has 0 aliphatic heterocycles. The minimum absolute atomic E-state index is 0.0874. The minimum Gasteiger partial charge on any atom is -0.497 e. The van der Waals surface area contributed by atoms with Gasteiger partial charge in [-0.15, -0.1) is 0 Å². The van der Waals surface area contributed by atoms with Crippen LogP contribution in [0.25, 0.3) is 0 Å². The Kier molecular flexibility index (Phi) is 7.46. The summed E-state index contributed by atoms with van der Waals surface area (Å²) in [5, 5.41) is 9.57. The second-order valence-electron chi connectivity index (χ2n) is 6.65. The first-order valence-corrected chi connectivity index (χ1v) is 8.62. The average molecular weight is 470 g/mol. The number of methoxy groups -OCH3 is 1. The third-order valence-electron chi connectivity index (χ3n) is 3.27. The number of carboxylic acid groups (broad SMARTS) is 1. The molecule has 7 nitrogen and oxygen atoms in total. The summed E-state index contributed by atoms with van der Waals surface area (Å²) in [4.78, 5) is 35.7. The number of aliphatic carboxylic acids is 1. The maximum Gasteiger partial charge on any atom is 0.471 e. The smallest absolute Gasteiger partial charge is 0.471 e. The monoisotopic (exact) mass is 469 g/mol. The van der Waals surface area contributed by atoms with Crippen LogP contribution in [0.15, 0.2) is 22.7 Å².